The number of nitrogens with two attached hydrogens (primary N) is 1. The van der Waals surface area contributed by atoms with E-state index in [4.69, 9.17) is 5.73 Å². The smallest absolute Gasteiger partial charge is 0.221 e. The number of thioether (sulfide) groups is 1. The summed E-state index contributed by atoms with van der Waals surface area (Å²) in [6.07, 6.45) is 4.96. The molecule has 0 spiro atoms. The summed E-state index contributed by atoms with van der Waals surface area (Å²) in [5.74, 6) is 0.952. The van der Waals surface area contributed by atoms with E-state index in [2.05, 4.69) is 37.4 Å². The fraction of sp³-hybridized carbons (Fsp3) is 0.588. The van der Waals surface area contributed by atoms with Crippen molar-refractivity contribution in [1.29, 1.82) is 0 Å². The van der Waals surface area contributed by atoms with Crippen molar-refractivity contribution in [3.8, 4) is 0 Å². The summed E-state index contributed by atoms with van der Waals surface area (Å²) < 4.78 is 0. The lowest BCUT2D eigenvalue weighted by atomic mass is 9.98. The second-order valence-corrected chi connectivity index (χ2v) is 7.25. The zero-order chi connectivity index (χ0) is 15.3. The van der Waals surface area contributed by atoms with Crippen LogP contribution in [0.15, 0.2) is 23.1 Å². The van der Waals surface area contributed by atoms with Gasteiger partial charge in [0.1, 0.15) is 0 Å². The van der Waals surface area contributed by atoms with Gasteiger partial charge in [-0.05, 0) is 49.9 Å². The Morgan fingerprint density at radius 3 is 2.62 bits per heavy atom. The minimum absolute atomic E-state index is 0.123. The number of aryl methyl sites for hydroxylation is 2. The van der Waals surface area contributed by atoms with Gasteiger partial charge < -0.3 is 11.1 Å². The molecule has 1 aromatic carbocycles. The van der Waals surface area contributed by atoms with Gasteiger partial charge in [0.2, 0.25) is 5.91 Å². The number of rotatable bonds is 6. The van der Waals surface area contributed by atoms with Gasteiger partial charge in [-0.25, -0.2) is 0 Å². The fourth-order valence-corrected chi connectivity index (χ4v) is 3.80. The molecule has 0 radical (unpaired) electrons. The van der Waals surface area contributed by atoms with E-state index in [1.54, 1.807) is 11.8 Å². The quantitative estimate of drug-likeness (QED) is 0.794. The third-order valence-corrected chi connectivity index (χ3v) is 5.43. The highest BCUT2D eigenvalue weighted by Crippen LogP contribution is 2.29. The molecule has 1 aliphatic carbocycles. The predicted octanol–water partition coefficient (Wildman–Crippen LogP) is 3.17. The molecule has 4 heteroatoms. The van der Waals surface area contributed by atoms with E-state index in [0.717, 1.165) is 18.6 Å². The number of hydrogen-bond acceptors (Lipinski definition) is 3. The van der Waals surface area contributed by atoms with Crippen molar-refractivity contribution in [2.45, 2.75) is 56.4 Å². The van der Waals surface area contributed by atoms with Crippen molar-refractivity contribution in [1.82, 2.24) is 5.32 Å². The molecular weight excluding hydrogens is 280 g/mol. The number of amides is 1. The van der Waals surface area contributed by atoms with E-state index in [9.17, 15) is 4.79 Å². The molecule has 1 amide bonds. The van der Waals surface area contributed by atoms with Gasteiger partial charge in [-0.1, -0.05) is 18.9 Å². The first-order valence-corrected chi connectivity index (χ1v) is 8.74. The molecule has 0 bridgehead atoms. The molecule has 3 nitrogen and oxygen atoms in total. The maximum Gasteiger partial charge on any atom is 0.221 e. The van der Waals surface area contributed by atoms with Gasteiger partial charge in [0.15, 0.2) is 0 Å². The molecule has 3 N–H and O–H groups in total. The number of carbonyl (C=O) groups excluding carboxylic acids is 1. The van der Waals surface area contributed by atoms with Crippen LogP contribution in [0.1, 0.15) is 43.2 Å². The molecule has 0 aromatic heterocycles. The van der Waals surface area contributed by atoms with Gasteiger partial charge in [-0.3, -0.25) is 4.79 Å². The normalized spacial score (nSPS) is 16.9. The molecule has 0 unspecified atom stereocenters. The Balaban J connectivity index is 1.77. The number of hydrogen-bond donors (Lipinski definition) is 2. The maximum absolute atomic E-state index is 12.1. The van der Waals surface area contributed by atoms with Crippen LogP contribution in [-0.2, 0) is 4.79 Å². The van der Waals surface area contributed by atoms with Gasteiger partial charge >= 0.3 is 0 Å². The van der Waals surface area contributed by atoms with Crippen LogP contribution in [0.25, 0.3) is 0 Å². The molecule has 1 saturated carbocycles. The third-order valence-electron chi connectivity index (χ3n) is 4.43. The van der Waals surface area contributed by atoms with Crippen molar-refractivity contribution in [3.63, 3.8) is 0 Å². The first kappa shape index (κ1) is 16.4. The molecule has 21 heavy (non-hydrogen) atoms. The molecule has 2 rings (SSSR count). The first-order valence-electron chi connectivity index (χ1n) is 7.76. The van der Waals surface area contributed by atoms with Crippen LogP contribution in [0, 0.1) is 13.8 Å². The van der Waals surface area contributed by atoms with E-state index >= 15 is 0 Å². The van der Waals surface area contributed by atoms with Crippen molar-refractivity contribution in [3.05, 3.63) is 29.3 Å². The molecule has 0 atom stereocenters. The van der Waals surface area contributed by atoms with E-state index in [1.165, 1.54) is 28.9 Å². The van der Waals surface area contributed by atoms with Crippen LogP contribution >= 0.6 is 11.8 Å². The van der Waals surface area contributed by atoms with E-state index in [-0.39, 0.29) is 11.4 Å². The van der Waals surface area contributed by atoms with Crippen LogP contribution in [0.3, 0.4) is 0 Å². The number of carbonyl (C=O) groups is 1. The van der Waals surface area contributed by atoms with Crippen LogP contribution in [0.5, 0.6) is 0 Å². The Morgan fingerprint density at radius 2 is 2.00 bits per heavy atom. The van der Waals surface area contributed by atoms with Gasteiger partial charge in [0.25, 0.3) is 0 Å². The average molecular weight is 306 g/mol. The van der Waals surface area contributed by atoms with Crippen molar-refractivity contribution >= 4 is 17.7 Å². The topological polar surface area (TPSA) is 55.1 Å². The molecule has 1 aromatic rings. The van der Waals surface area contributed by atoms with E-state index < -0.39 is 0 Å². The lowest BCUT2D eigenvalue weighted by molar-refractivity contribution is -0.122. The Hall–Kier alpha value is -1.00. The van der Waals surface area contributed by atoms with Crippen molar-refractivity contribution < 1.29 is 4.79 Å². The Labute approximate surface area is 132 Å². The summed E-state index contributed by atoms with van der Waals surface area (Å²) in [5.41, 5.74) is 8.34. The summed E-state index contributed by atoms with van der Waals surface area (Å²) in [6, 6.07) is 6.46. The third kappa shape index (κ3) is 4.48. The highest BCUT2D eigenvalue weighted by atomic mass is 32.2. The van der Waals surface area contributed by atoms with Crippen LogP contribution < -0.4 is 11.1 Å². The summed E-state index contributed by atoms with van der Waals surface area (Å²) in [6.45, 7) is 4.80. The molecule has 1 aliphatic rings. The van der Waals surface area contributed by atoms with E-state index in [0.29, 0.717) is 13.0 Å². The lowest BCUT2D eigenvalue weighted by Gasteiger charge is -2.28. The minimum Gasteiger partial charge on any atom is -0.349 e. The summed E-state index contributed by atoms with van der Waals surface area (Å²) in [5, 5.41) is 3.17. The van der Waals surface area contributed by atoms with Crippen LogP contribution in [-0.4, -0.2) is 23.7 Å². The lowest BCUT2D eigenvalue weighted by Crippen LogP contribution is -2.51. The van der Waals surface area contributed by atoms with Crippen molar-refractivity contribution in [2.24, 2.45) is 5.73 Å². The maximum atomic E-state index is 12.1. The monoisotopic (exact) mass is 306 g/mol. The zero-order valence-corrected chi connectivity index (χ0v) is 13.9. The summed E-state index contributed by atoms with van der Waals surface area (Å²) in [4.78, 5) is 13.3. The number of nitrogens with one attached hydrogen (secondary N) is 1. The van der Waals surface area contributed by atoms with E-state index in [1.807, 2.05) is 0 Å². The predicted molar refractivity (Wildman–Crippen MR) is 89.7 cm³/mol. The van der Waals surface area contributed by atoms with Crippen LogP contribution in [0.2, 0.25) is 0 Å². The van der Waals surface area contributed by atoms with Gasteiger partial charge in [-0.2, -0.15) is 0 Å². The summed E-state index contributed by atoms with van der Waals surface area (Å²) >= 11 is 1.74. The Kier molecular flexibility index (Phi) is 5.71. The molecule has 0 aliphatic heterocycles. The highest BCUT2D eigenvalue weighted by Gasteiger charge is 2.33. The molecule has 0 saturated heterocycles. The van der Waals surface area contributed by atoms with Gasteiger partial charge in [0, 0.05) is 23.6 Å². The first-order chi connectivity index (χ1) is 10.0. The summed E-state index contributed by atoms with van der Waals surface area (Å²) in [7, 11) is 0. The number of benzene rings is 1. The minimum atomic E-state index is -0.123. The van der Waals surface area contributed by atoms with Gasteiger partial charge in [0.05, 0.1) is 5.54 Å². The van der Waals surface area contributed by atoms with Crippen LogP contribution in [0.4, 0.5) is 0 Å². The van der Waals surface area contributed by atoms with Gasteiger partial charge in [-0.15, -0.1) is 11.8 Å². The largest absolute Gasteiger partial charge is 0.349 e. The molecular formula is C17H26N2OS. The fourth-order valence-electron chi connectivity index (χ4n) is 2.86. The Morgan fingerprint density at radius 1 is 1.29 bits per heavy atom. The Bertz CT molecular complexity index is 496. The average Bonchev–Trinajstić information content (AvgIpc) is 2.92. The second-order valence-electron chi connectivity index (χ2n) is 6.08. The van der Waals surface area contributed by atoms with Crippen molar-refractivity contribution in [2.75, 3.05) is 12.3 Å². The standard InChI is InChI=1S/C17H26N2OS/c1-13-5-6-15(11-14(13)2)21-10-7-16(20)19-17(12-18)8-3-4-9-17/h5-6,11H,3-4,7-10,12,18H2,1-2H3,(H,19,20). The zero-order valence-electron chi connectivity index (χ0n) is 13.1. The highest BCUT2D eigenvalue weighted by molar-refractivity contribution is 7.99. The molecule has 0 heterocycles. The SMILES string of the molecule is Cc1ccc(SCCC(=O)NC2(CN)CCCC2)cc1C. The molecule has 116 valence electrons. The molecule has 1 fully saturated rings. The second kappa shape index (κ2) is 7.32.